The predicted octanol–water partition coefficient (Wildman–Crippen LogP) is 2.59. The Morgan fingerprint density at radius 2 is 2.04 bits per heavy atom. The summed E-state index contributed by atoms with van der Waals surface area (Å²) in [5.74, 6) is 0.641. The van der Waals surface area contributed by atoms with Crippen molar-refractivity contribution in [3.05, 3.63) is 41.3 Å². The monoisotopic (exact) mass is 390 g/mol. The van der Waals surface area contributed by atoms with E-state index in [1.54, 1.807) is 6.07 Å². The molecule has 3 rings (SSSR count). The van der Waals surface area contributed by atoms with E-state index >= 15 is 0 Å². The molecular formula is C20H27FN4O3. The van der Waals surface area contributed by atoms with Gasteiger partial charge in [0.2, 0.25) is 11.8 Å². The van der Waals surface area contributed by atoms with E-state index in [0.29, 0.717) is 50.1 Å². The zero-order chi connectivity index (χ0) is 20.1. The minimum absolute atomic E-state index is 0.145. The topological polar surface area (TPSA) is 80.5 Å². The van der Waals surface area contributed by atoms with Crippen molar-refractivity contribution in [1.82, 2.24) is 15.5 Å². The molecule has 1 N–H and O–H groups in total. The molecule has 1 amide bonds. The zero-order valence-corrected chi connectivity index (χ0v) is 16.6. The summed E-state index contributed by atoms with van der Waals surface area (Å²) in [7, 11) is 0. The summed E-state index contributed by atoms with van der Waals surface area (Å²) in [6.45, 7) is 8.84. The number of nitrogens with one attached hydrogen (secondary N) is 1. The minimum atomic E-state index is -0.283. The fourth-order valence-electron chi connectivity index (χ4n) is 2.89. The fourth-order valence-corrected chi connectivity index (χ4v) is 2.89. The van der Waals surface area contributed by atoms with Crippen LogP contribution < -0.4 is 10.2 Å². The van der Waals surface area contributed by atoms with E-state index in [0.717, 1.165) is 5.56 Å². The van der Waals surface area contributed by atoms with E-state index < -0.39 is 0 Å². The second kappa shape index (κ2) is 8.68. The van der Waals surface area contributed by atoms with Gasteiger partial charge in [-0.1, -0.05) is 32.0 Å². The first-order valence-corrected chi connectivity index (χ1v) is 9.54. The van der Waals surface area contributed by atoms with Crippen LogP contribution in [0.3, 0.4) is 0 Å². The first-order valence-electron chi connectivity index (χ1n) is 9.54. The van der Waals surface area contributed by atoms with Crippen molar-refractivity contribution in [2.24, 2.45) is 0 Å². The number of anilines is 1. The normalized spacial score (nSPS) is 14.9. The van der Waals surface area contributed by atoms with Crippen molar-refractivity contribution < 1.29 is 18.4 Å². The molecule has 2 heterocycles. The van der Waals surface area contributed by atoms with Crippen molar-refractivity contribution in [3.63, 3.8) is 0 Å². The van der Waals surface area contributed by atoms with Crippen LogP contribution in [-0.2, 0) is 27.9 Å². The SMILES string of the molecule is CC(C)(C)c1noc(CCC(=O)NCc2ccc(N3CCOCC3)c(F)c2)n1. The number of morpholine rings is 1. The van der Waals surface area contributed by atoms with Crippen LogP contribution in [0.2, 0.25) is 0 Å². The Kier molecular flexibility index (Phi) is 6.28. The van der Waals surface area contributed by atoms with E-state index in [1.807, 2.05) is 31.7 Å². The maximum absolute atomic E-state index is 14.4. The highest BCUT2D eigenvalue weighted by Gasteiger charge is 2.21. The number of aryl methyl sites for hydroxylation is 1. The van der Waals surface area contributed by atoms with Gasteiger partial charge in [0.25, 0.3) is 0 Å². The van der Waals surface area contributed by atoms with Crippen LogP contribution in [0, 0.1) is 5.82 Å². The lowest BCUT2D eigenvalue weighted by atomic mass is 9.96. The Morgan fingerprint density at radius 1 is 1.29 bits per heavy atom. The number of rotatable bonds is 6. The molecule has 28 heavy (non-hydrogen) atoms. The summed E-state index contributed by atoms with van der Waals surface area (Å²) in [5.41, 5.74) is 1.10. The van der Waals surface area contributed by atoms with E-state index in [2.05, 4.69) is 15.5 Å². The molecule has 1 saturated heterocycles. The Bertz CT molecular complexity index is 810. The van der Waals surface area contributed by atoms with Crippen LogP contribution >= 0.6 is 0 Å². The number of carbonyl (C=O) groups is 1. The number of hydrogen-bond donors (Lipinski definition) is 1. The van der Waals surface area contributed by atoms with Gasteiger partial charge in [-0.3, -0.25) is 4.79 Å². The van der Waals surface area contributed by atoms with Crippen LogP contribution in [0.1, 0.15) is 44.5 Å². The van der Waals surface area contributed by atoms with Gasteiger partial charge >= 0.3 is 0 Å². The first kappa shape index (κ1) is 20.3. The highest BCUT2D eigenvalue weighted by atomic mass is 19.1. The quantitative estimate of drug-likeness (QED) is 0.817. The second-order valence-corrected chi connectivity index (χ2v) is 7.92. The number of aromatic nitrogens is 2. The highest BCUT2D eigenvalue weighted by Crippen LogP contribution is 2.22. The summed E-state index contributed by atoms with van der Waals surface area (Å²) in [4.78, 5) is 18.4. The summed E-state index contributed by atoms with van der Waals surface area (Å²) < 4.78 is 24.9. The molecule has 1 fully saturated rings. The summed E-state index contributed by atoms with van der Waals surface area (Å²) in [6, 6.07) is 5.06. The number of amides is 1. The van der Waals surface area contributed by atoms with Gasteiger partial charge in [-0.25, -0.2) is 4.39 Å². The molecule has 0 saturated carbocycles. The van der Waals surface area contributed by atoms with Crippen molar-refractivity contribution >= 4 is 11.6 Å². The lowest BCUT2D eigenvalue weighted by Gasteiger charge is -2.29. The Balaban J connectivity index is 1.47. The van der Waals surface area contributed by atoms with Gasteiger partial charge in [0.1, 0.15) is 5.82 Å². The third-order valence-corrected chi connectivity index (χ3v) is 4.56. The molecule has 1 aliphatic rings. The van der Waals surface area contributed by atoms with Gasteiger partial charge in [0, 0.05) is 37.9 Å². The van der Waals surface area contributed by atoms with Crippen LogP contribution in [-0.4, -0.2) is 42.4 Å². The molecular weight excluding hydrogens is 363 g/mol. The van der Waals surface area contributed by atoms with E-state index in [9.17, 15) is 9.18 Å². The van der Waals surface area contributed by atoms with Crippen molar-refractivity contribution in [2.45, 2.75) is 45.6 Å². The molecule has 0 spiro atoms. The highest BCUT2D eigenvalue weighted by molar-refractivity contribution is 5.76. The minimum Gasteiger partial charge on any atom is -0.378 e. The average molecular weight is 390 g/mol. The average Bonchev–Trinajstić information content (AvgIpc) is 3.15. The van der Waals surface area contributed by atoms with E-state index in [4.69, 9.17) is 9.26 Å². The summed E-state index contributed by atoms with van der Waals surface area (Å²) in [6.07, 6.45) is 0.610. The molecule has 1 aliphatic heterocycles. The maximum Gasteiger partial charge on any atom is 0.227 e. The van der Waals surface area contributed by atoms with Gasteiger partial charge in [0.05, 0.1) is 18.9 Å². The molecule has 0 unspecified atom stereocenters. The van der Waals surface area contributed by atoms with E-state index in [-0.39, 0.29) is 30.1 Å². The fraction of sp³-hybridized carbons (Fsp3) is 0.550. The van der Waals surface area contributed by atoms with Crippen LogP contribution in [0.4, 0.5) is 10.1 Å². The van der Waals surface area contributed by atoms with Crippen molar-refractivity contribution in [2.75, 3.05) is 31.2 Å². The first-order chi connectivity index (χ1) is 13.3. The molecule has 0 radical (unpaired) electrons. The molecule has 1 aromatic heterocycles. The molecule has 8 heteroatoms. The van der Waals surface area contributed by atoms with Gasteiger partial charge < -0.3 is 19.5 Å². The van der Waals surface area contributed by atoms with Gasteiger partial charge in [0.15, 0.2) is 5.82 Å². The molecule has 7 nitrogen and oxygen atoms in total. The number of nitrogens with zero attached hydrogens (tertiary/aromatic N) is 3. The molecule has 0 bridgehead atoms. The third kappa shape index (κ3) is 5.28. The Hall–Kier alpha value is -2.48. The standard InChI is InChI=1S/C20H27FN4O3/c1-20(2,3)19-23-18(28-24-19)7-6-17(26)22-13-14-4-5-16(15(21)12-14)25-8-10-27-11-9-25/h4-5,12H,6-11,13H2,1-3H3,(H,22,26). The molecule has 1 aromatic carbocycles. The van der Waals surface area contributed by atoms with Gasteiger partial charge in [-0.15, -0.1) is 0 Å². The Morgan fingerprint density at radius 3 is 2.68 bits per heavy atom. The predicted molar refractivity (Wildman–Crippen MR) is 103 cm³/mol. The zero-order valence-electron chi connectivity index (χ0n) is 16.6. The number of ether oxygens (including phenoxy) is 1. The van der Waals surface area contributed by atoms with E-state index in [1.165, 1.54) is 6.07 Å². The molecule has 0 atom stereocenters. The van der Waals surface area contributed by atoms with Gasteiger partial charge in [-0.05, 0) is 17.7 Å². The van der Waals surface area contributed by atoms with Crippen molar-refractivity contribution in [3.8, 4) is 0 Å². The second-order valence-electron chi connectivity index (χ2n) is 7.92. The number of halogens is 1. The Labute approximate surface area is 164 Å². The van der Waals surface area contributed by atoms with Gasteiger partial charge in [-0.2, -0.15) is 4.98 Å². The van der Waals surface area contributed by atoms with Crippen molar-refractivity contribution in [1.29, 1.82) is 0 Å². The summed E-state index contributed by atoms with van der Waals surface area (Å²) in [5, 5.41) is 6.75. The largest absolute Gasteiger partial charge is 0.378 e. The molecule has 0 aliphatic carbocycles. The maximum atomic E-state index is 14.4. The lowest BCUT2D eigenvalue weighted by molar-refractivity contribution is -0.121. The van der Waals surface area contributed by atoms with Crippen LogP contribution in [0.5, 0.6) is 0 Å². The van der Waals surface area contributed by atoms with Crippen LogP contribution in [0.25, 0.3) is 0 Å². The number of benzene rings is 1. The van der Waals surface area contributed by atoms with Crippen LogP contribution in [0.15, 0.2) is 22.7 Å². The lowest BCUT2D eigenvalue weighted by Crippen LogP contribution is -2.36. The third-order valence-electron chi connectivity index (χ3n) is 4.56. The number of carbonyl (C=O) groups excluding carboxylic acids is 1. The molecule has 152 valence electrons. The summed E-state index contributed by atoms with van der Waals surface area (Å²) >= 11 is 0. The smallest absolute Gasteiger partial charge is 0.227 e. The molecule has 2 aromatic rings. The number of hydrogen-bond acceptors (Lipinski definition) is 6.